The molecule has 0 fully saturated rings. The van der Waals surface area contributed by atoms with Gasteiger partial charge in [-0.3, -0.25) is 14.8 Å². The van der Waals surface area contributed by atoms with Crippen LogP contribution in [0.15, 0.2) is 52.6 Å². The van der Waals surface area contributed by atoms with E-state index in [0.29, 0.717) is 24.8 Å². The predicted octanol–water partition coefficient (Wildman–Crippen LogP) is 2.65. The van der Waals surface area contributed by atoms with Crippen LogP contribution in [0.25, 0.3) is 5.78 Å². The van der Waals surface area contributed by atoms with E-state index in [1.165, 1.54) is 20.5 Å². The van der Waals surface area contributed by atoms with E-state index >= 15 is 0 Å². The first-order chi connectivity index (χ1) is 13.7. The van der Waals surface area contributed by atoms with Crippen LogP contribution < -0.4 is 10.9 Å². The van der Waals surface area contributed by atoms with E-state index in [1.807, 2.05) is 11.4 Å². The number of fused-ring (bicyclic) bond motifs is 2. The van der Waals surface area contributed by atoms with Gasteiger partial charge in [0.15, 0.2) is 0 Å². The van der Waals surface area contributed by atoms with Gasteiger partial charge in [0.1, 0.15) is 0 Å². The molecule has 8 heteroatoms. The second-order valence-electron chi connectivity index (χ2n) is 6.96. The second-order valence-corrected chi connectivity index (χ2v) is 7.99. The van der Waals surface area contributed by atoms with Gasteiger partial charge in [0.2, 0.25) is 5.95 Å². The molecule has 0 unspecified atom stereocenters. The third-order valence-corrected chi connectivity index (χ3v) is 5.87. The molecular weight excluding hydrogens is 372 g/mol. The zero-order valence-electron chi connectivity index (χ0n) is 15.3. The summed E-state index contributed by atoms with van der Waals surface area (Å²) in [7, 11) is 0. The molecule has 0 spiro atoms. The molecule has 0 atom stereocenters. The predicted molar refractivity (Wildman–Crippen MR) is 110 cm³/mol. The Bertz CT molecular complexity index is 1160. The van der Waals surface area contributed by atoms with Gasteiger partial charge < -0.3 is 5.32 Å². The van der Waals surface area contributed by atoms with E-state index in [4.69, 9.17) is 0 Å². The number of rotatable bonds is 5. The molecule has 2 N–H and O–H groups in total. The molecule has 0 radical (unpaired) electrons. The summed E-state index contributed by atoms with van der Waals surface area (Å²) in [6.45, 7) is 3.15. The molecule has 4 heterocycles. The lowest BCUT2D eigenvalue weighted by atomic mass is 10.00. The standard InChI is InChI=1S/C20H20N6OS/c27-18-10-16(13-25-8-7-14-4-1-2-5-15(14)12-25)22-20-23-19(24-26(18)20)21-11-17-6-3-9-28-17/h1-6,9-10H,7-8,11-13H2,(H2,21,22,23,24). The van der Waals surface area contributed by atoms with Crippen molar-refractivity contribution in [3.05, 3.63) is 79.9 Å². The molecule has 1 aliphatic heterocycles. The van der Waals surface area contributed by atoms with Crippen molar-refractivity contribution >= 4 is 23.1 Å². The summed E-state index contributed by atoms with van der Waals surface area (Å²) in [6, 6.07) is 14.2. The van der Waals surface area contributed by atoms with E-state index in [0.717, 1.165) is 25.2 Å². The quantitative estimate of drug-likeness (QED) is 0.546. The molecule has 0 saturated carbocycles. The van der Waals surface area contributed by atoms with Crippen molar-refractivity contribution in [2.45, 2.75) is 26.1 Å². The number of nitrogens with one attached hydrogen (secondary N) is 2. The van der Waals surface area contributed by atoms with Gasteiger partial charge in [-0.1, -0.05) is 30.3 Å². The summed E-state index contributed by atoms with van der Waals surface area (Å²) in [5.74, 6) is 0.940. The zero-order chi connectivity index (χ0) is 18.9. The highest BCUT2D eigenvalue weighted by molar-refractivity contribution is 7.09. The van der Waals surface area contributed by atoms with Crippen molar-refractivity contribution in [3.63, 3.8) is 0 Å². The van der Waals surface area contributed by atoms with Crippen LogP contribution in [0.1, 0.15) is 21.7 Å². The molecule has 0 aliphatic carbocycles. The highest BCUT2D eigenvalue weighted by Crippen LogP contribution is 2.19. The lowest BCUT2D eigenvalue weighted by Crippen LogP contribution is -2.31. The monoisotopic (exact) mass is 392 g/mol. The minimum atomic E-state index is -0.144. The van der Waals surface area contributed by atoms with Crippen molar-refractivity contribution in [3.8, 4) is 0 Å². The number of anilines is 1. The first-order valence-electron chi connectivity index (χ1n) is 9.29. The van der Waals surface area contributed by atoms with Gasteiger partial charge in [0.05, 0.1) is 12.2 Å². The Hall–Kier alpha value is -2.97. The van der Waals surface area contributed by atoms with Crippen LogP contribution in [0.2, 0.25) is 0 Å². The van der Waals surface area contributed by atoms with Crippen molar-refractivity contribution in [1.82, 2.24) is 24.5 Å². The lowest BCUT2D eigenvalue weighted by molar-refractivity contribution is 0.242. The van der Waals surface area contributed by atoms with Crippen LogP contribution in [-0.4, -0.2) is 31.0 Å². The normalized spacial score (nSPS) is 14.3. The summed E-state index contributed by atoms with van der Waals surface area (Å²) in [5, 5.41) is 8.22. The first kappa shape index (κ1) is 17.2. The van der Waals surface area contributed by atoms with Crippen molar-refractivity contribution in [2.75, 3.05) is 11.9 Å². The van der Waals surface area contributed by atoms with Gasteiger partial charge in [0.25, 0.3) is 11.3 Å². The average Bonchev–Trinajstić information content (AvgIpc) is 3.36. The van der Waals surface area contributed by atoms with E-state index < -0.39 is 0 Å². The minimum Gasteiger partial charge on any atom is -0.350 e. The van der Waals surface area contributed by atoms with Crippen LogP contribution in [-0.2, 0) is 26.1 Å². The molecule has 0 saturated heterocycles. The Morgan fingerprint density at radius 2 is 2.04 bits per heavy atom. The summed E-state index contributed by atoms with van der Waals surface area (Å²) in [5.41, 5.74) is 3.37. The fourth-order valence-electron chi connectivity index (χ4n) is 3.59. The number of nitrogens with zero attached hydrogens (tertiary/aromatic N) is 4. The Morgan fingerprint density at radius 3 is 2.89 bits per heavy atom. The molecular formula is C20H20N6OS. The highest BCUT2D eigenvalue weighted by Gasteiger charge is 2.17. The lowest BCUT2D eigenvalue weighted by Gasteiger charge is -2.28. The first-order valence-corrected chi connectivity index (χ1v) is 10.2. The van der Waals surface area contributed by atoms with Gasteiger partial charge in [-0.2, -0.15) is 9.50 Å². The minimum absolute atomic E-state index is 0.144. The number of H-pyrrole nitrogens is 1. The van der Waals surface area contributed by atoms with Crippen molar-refractivity contribution < 1.29 is 0 Å². The van der Waals surface area contributed by atoms with E-state index in [9.17, 15) is 4.79 Å². The molecule has 0 amide bonds. The highest BCUT2D eigenvalue weighted by atomic mass is 32.1. The van der Waals surface area contributed by atoms with Crippen LogP contribution >= 0.6 is 11.3 Å². The smallest absolute Gasteiger partial charge is 0.274 e. The largest absolute Gasteiger partial charge is 0.350 e. The number of thiophene rings is 1. The third kappa shape index (κ3) is 3.44. The SMILES string of the molecule is O=c1cc(CN2CCc3ccccc3C2)nc2nc(NCc3cccs3)[nH]n12. The summed E-state index contributed by atoms with van der Waals surface area (Å²) < 4.78 is 1.38. The van der Waals surface area contributed by atoms with Gasteiger partial charge in [0, 0.05) is 30.6 Å². The van der Waals surface area contributed by atoms with Crippen LogP contribution in [0.3, 0.4) is 0 Å². The summed E-state index contributed by atoms with van der Waals surface area (Å²) in [4.78, 5) is 25.0. The molecule has 3 aromatic heterocycles. The van der Waals surface area contributed by atoms with E-state index in [1.54, 1.807) is 17.4 Å². The Morgan fingerprint density at radius 1 is 1.14 bits per heavy atom. The zero-order valence-corrected chi connectivity index (χ0v) is 16.1. The maximum Gasteiger partial charge on any atom is 0.274 e. The van der Waals surface area contributed by atoms with Crippen molar-refractivity contribution in [2.24, 2.45) is 0 Å². The van der Waals surface area contributed by atoms with Crippen molar-refractivity contribution in [1.29, 1.82) is 0 Å². The molecule has 142 valence electrons. The molecule has 1 aromatic carbocycles. The molecule has 28 heavy (non-hydrogen) atoms. The number of hydrogen-bond donors (Lipinski definition) is 2. The van der Waals surface area contributed by atoms with E-state index in [2.05, 4.69) is 55.6 Å². The van der Waals surface area contributed by atoms with Gasteiger partial charge in [-0.05, 0) is 29.0 Å². The second kappa shape index (κ2) is 7.21. The topological polar surface area (TPSA) is 78.3 Å². The maximum atomic E-state index is 12.5. The molecule has 7 nitrogen and oxygen atoms in total. The Balaban J connectivity index is 1.33. The Labute approximate surface area is 165 Å². The number of hydrogen-bond acceptors (Lipinski definition) is 6. The molecule has 1 aliphatic rings. The van der Waals surface area contributed by atoms with Crippen LogP contribution in [0.5, 0.6) is 0 Å². The molecule has 4 aromatic rings. The maximum absolute atomic E-state index is 12.5. The number of aromatic nitrogens is 4. The number of aromatic amines is 1. The summed E-state index contributed by atoms with van der Waals surface area (Å²) in [6.07, 6.45) is 1.02. The van der Waals surface area contributed by atoms with Gasteiger partial charge >= 0.3 is 0 Å². The van der Waals surface area contributed by atoms with Gasteiger partial charge in [-0.15, -0.1) is 11.3 Å². The average molecular weight is 392 g/mol. The van der Waals surface area contributed by atoms with Gasteiger partial charge in [-0.25, -0.2) is 4.98 Å². The Kier molecular flexibility index (Phi) is 4.42. The fraction of sp³-hybridized carbons (Fsp3) is 0.250. The fourth-order valence-corrected chi connectivity index (χ4v) is 4.23. The molecule has 5 rings (SSSR count). The number of benzene rings is 1. The van der Waals surface area contributed by atoms with Crippen LogP contribution in [0.4, 0.5) is 5.95 Å². The van der Waals surface area contributed by atoms with E-state index in [-0.39, 0.29) is 5.56 Å². The molecule has 0 bridgehead atoms. The third-order valence-electron chi connectivity index (χ3n) is 4.99. The summed E-state index contributed by atoms with van der Waals surface area (Å²) >= 11 is 1.68. The van der Waals surface area contributed by atoms with Crippen LogP contribution in [0, 0.1) is 0 Å².